The molecule has 0 radical (unpaired) electrons. The lowest BCUT2D eigenvalue weighted by Crippen LogP contribution is -2.38. The summed E-state index contributed by atoms with van der Waals surface area (Å²) in [6.45, 7) is 7.70. The quantitative estimate of drug-likeness (QED) is 0.473. The summed E-state index contributed by atoms with van der Waals surface area (Å²) in [4.78, 5) is 11.8. The van der Waals surface area contributed by atoms with Gasteiger partial charge in [-0.1, -0.05) is 22.0 Å². The first-order chi connectivity index (χ1) is 12.7. The van der Waals surface area contributed by atoms with Crippen molar-refractivity contribution in [2.45, 2.75) is 63.0 Å². The molecular formula is C21H28BrFO4. The molecule has 0 saturated carbocycles. The molecule has 0 aliphatic carbocycles. The molecule has 2 atom stereocenters. The Bertz CT molecular complexity index is 669. The zero-order valence-corrected chi connectivity index (χ0v) is 17.8. The van der Waals surface area contributed by atoms with E-state index in [9.17, 15) is 9.18 Å². The Morgan fingerprint density at radius 1 is 1.30 bits per heavy atom. The number of hydrogen-bond donors (Lipinski definition) is 0. The second-order valence-corrected chi connectivity index (χ2v) is 9.54. The van der Waals surface area contributed by atoms with Crippen LogP contribution in [0.1, 0.15) is 68.5 Å². The molecular weight excluding hydrogens is 415 g/mol. The molecule has 1 spiro atoms. The van der Waals surface area contributed by atoms with Crippen molar-refractivity contribution < 1.29 is 23.4 Å². The van der Waals surface area contributed by atoms with Crippen molar-refractivity contribution in [3.8, 4) is 0 Å². The van der Waals surface area contributed by atoms with Crippen molar-refractivity contribution in [1.82, 2.24) is 0 Å². The molecule has 0 amide bonds. The second kappa shape index (κ2) is 8.18. The highest BCUT2D eigenvalue weighted by Gasteiger charge is 2.39. The molecule has 2 fully saturated rings. The number of ether oxygens (including phenoxy) is 3. The molecule has 3 rings (SSSR count). The molecule has 6 heteroatoms. The Labute approximate surface area is 168 Å². The smallest absolute Gasteiger partial charge is 0.324 e. The Kier molecular flexibility index (Phi) is 6.28. The van der Waals surface area contributed by atoms with E-state index in [2.05, 4.69) is 15.9 Å². The van der Waals surface area contributed by atoms with Crippen LogP contribution in [0.3, 0.4) is 0 Å². The first-order valence-electron chi connectivity index (χ1n) is 9.55. The highest BCUT2D eigenvalue weighted by atomic mass is 79.9. The van der Waals surface area contributed by atoms with E-state index >= 15 is 0 Å². The fourth-order valence-electron chi connectivity index (χ4n) is 3.85. The third-order valence-corrected chi connectivity index (χ3v) is 6.23. The summed E-state index contributed by atoms with van der Waals surface area (Å²) in [6, 6.07) is 4.56. The van der Waals surface area contributed by atoms with Gasteiger partial charge in [0.1, 0.15) is 16.2 Å². The third kappa shape index (κ3) is 5.09. The van der Waals surface area contributed by atoms with Crippen LogP contribution in [0.25, 0.3) is 0 Å². The zero-order chi connectivity index (χ0) is 19.7. The average molecular weight is 443 g/mol. The number of benzene rings is 1. The van der Waals surface area contributed by atoms with E-state index in [1.807, 2.05) is 20.8 Å². The van der Waals surface area contributed by atoms with Gasteiger partial charge in [0, 0.05) is 13.2 Å². The van der Waals surface area contributed by atoms with Crippen LogP contribution < -0.4 is 0 Å². The minimum absolute atomic E-state index is 0.142. The first kappa shape index (κ1) is 20.7. The Morgan fingerprint density at radius 2 is 2.00 bits per heavy atom. The van der Waals surface area contributed by atoms with E-state index in [1.54, 1.807) is 6.07 Å². The third-order valence-electron chi connectivity index (χ3n) is 5.36. The summed E-state index contributed by atoms with van der Waals surface area (Å²) in [5.74, 6) is -0.801. The zero-order valence-electron chi connectivity index (χ0n) is 16.2. The van der Waals surface area contributed by atoms with Gasteiger partial charge in [0.2, 0.25) is 0 Å². The molecule has 2 saturated heterocycles. The largest absolute Gasteiger partial charge is 0.459 e. The van der Waals surface area contributed by atoms with Crippen molar-refractivity contribution >= 4 is 21.9 Å². The summed E-state index contributed by atoms with van der Waals surface area (Å²) in [5.41, 5.74) is 1.03. The van der Waals surface area contributed by atoms with Crippen LogP contribution in [-0.2, 0) is 19.0 Å². The predicted molar refractivity (Wildman–Crippen MR) is 104 cm³/mol. The van der Waals surface area contributed by atoms with Gasteiger partial charge < -0.3 is 14.2 Å². The lowest BCUT2D eigenvalue weighted by atomic mass is 9.74. The molecule has 27 heavy (non-hydrogen) atoms. The van der Waals surface area contributed by atoms with Crippen LogP contribution in [0.4, 0.5) is 4.39 Å². The van der Waals surface area contributed by atoms with E-state index in [1.165, 1.54) is 12.1 Å². The van der Waals surface area contributed by atoms with E-state index in [4.69, 9.17) is 14.2 Å². The maximum atomic E-state index is 13.9. The molecule has 2 aliphatic rings. The van der Waals surface area contributed by atoms with Crippen molar-refractivity contribution in [2.75, 3.05) is 19.8 Å². The number of carbonyl (C=O) groups excluding carboxylic acids is 1. The normalized spacial score (nSPS) is 23.8. The molecule has 0 aromatic heterocycles. The van der Waals surface area contributed by atoms with E-state index < -0.39 is 16.4 Å². The number of esters is 1. The second-order valence-electron chi connectivity index (χ2n) is 8.62. The van der Waals surface area contributed by atoms with Gasteiger partial charge in [0.05, 0.1) is 12.7 Å². The number of alkyl halides is 1. The van der Waals surface area contributed by atoms with Crippen LogP contribution in [0.5, 0.6) is 0 Å². The number of halogens is 2. The molecule has 0 bridgehead atoms. The van der Waals surface area contributed by atoms with Gasteiger partial charge in [-0.3, -0.25) is 4.79 Å². The van der Waals surface area contributed by atoms with Gasteiger partial charge >= 0.3 is 5.97 Å². The molecule has 0 N–H and O–H groups in total. The minimum Gasteiger partial charge on any atom is -0.459 e. The average Bonchev–Trinajstić information content (AvgIpc) is 2.61. The maximum absolute atomic E-state index is 13.9. The van der Waals surface area contributed by atoms with Gasteiger partial charge in [-0.25, -0.2) is 4.39 Å². The molecule has 4 nitrogen and oxygen atoms in total. The summed E-state index contributed by atoms with van der Waals surface area (Å²) in [5, 5.41) is 0. The van der Waals surface area contributed by atoms with Crippen molar-refractivity contribution in [1.29, 1.82) is 0 Å². The predicted octanol–water partition coefficient (Wildman–Crippen LogP) is 5.25. The number of rotatable bonds is 3. The number of hydrogen-bond acceptors (Lipinski definition) is 4. The van der Waals surface area contributed by atoms with Gasteiger partial charge in [0.15, 0.2) is 0 Å². The SMILES string of the molecule is CC(C)(C)OC(=O)C(Br)c1cc(F)ccc1C1CCC2(CCOCC2)CO1. The van der Waals surface area contributed by atoms with Gasteiger partial charge in [-0.05, 0) is 75.1 Å². The Balaban J connectivity index is 1.77. The highest BCUT2D eigenvalue weighted by molar-refractivity contribution is 9.09. The molecule has 2 unspecified atom stereocenters. The summed E-state index contributed by atoms with van der Waals surface area (Å²) < 4.78 is 31.1. The molecule has 2 heterocycles. The Hall–Kier alpha value is -0.980. The molecule has 150 valence electrons. The summed E-state index contributed by atoms with van der Waals surface area (Å²) in [6.07, 6.45) is 3.81. The lowest BCUT2D eigenvalue weighted by molar-refractivity contribution is -0.154. The van der Waals surface area contributed by atoms with Crippen LogP contribution in [0.15, 0.2) is 18.2 Å². The fraction of sp³-hybridized carbons (Fsp3) is 0.667. The van der Waals surface area contributed by atoms with Crippen LogP contribution in [0.2, 0.25) is 0 Å². The van der Waals surface area contributed by atoms with Gasteiger partial charge in [-0.2, -0.15) is 0 Å². The van der Waals surface area contributed by atoms with E-state index in [0.717, 1.165) is 44.5 Å². The Morgan fingerprint density at radius 3 is 2.59 bits per heavy atom. The minimum atomic E-state index is -0.731. The summed E-state index contributed by atoms with van der Waals surface area (Å²) >= 11 is 3.41. The molecule has 1 aromatic carbocycles. The van der Waals surface area contributed by atoms with E-state index in [0.29, 0.717) is 12.2 Å². The van der Waals surface area contributed by atoms with Gasteiger partial charge in [-0.15, -0.1) is 0 Å². The van der Waals surface area contributed by atoms with Crippen LogP contribution >= 0.6 is 15.9 Å². The molecule has 1 aromatic rings. The van der Waals surface area contributed by atoms with E-state index in [-0.39, 0.29) is 17.3 Å². The van der Waals surface area contributed by atoms with Crippen molar-refractivity contribution in [2.24, 2.45) is 5.41 Å². The topological polar surface area (TPSA) is 44.8 Å². The lowest BCUT2D eigenvalue weighted by Gasteiger charge is -2.43. The van der Waals surface area contributed by atoms with Crippen LogP contribution in [0, 0.1) is 11.2 Å². The summed E-state index contributed by atoms with van der Waals surface area (Å²) in [7, 11) is 0. The van der Waals surface area contributed by atoms with Crippen LogP contribution in [-0.4, -0.2) is 31.4 Å². The van der Waals surface area contributed by atoms with Crippen molar-refractivity contribution in [3.05, 3.63) is 35.1 Å². The fourth-order valence-corrected chi connectivity index (χ4v) is 4.34. The van der Waals surface area contributed by atoms with Gasteiger partial charge in [0.25, 0.3) is 0 Å². The maximum Gasteiger partial charge on any atom is 0.324 e. The first-order valence-corrected chi connectivity index (χ1v) is 10.5. The highest BCUT2D eigenvalue weighted by Crippen LogP contribution is 2.45. The standard InChI is InChI=1S/C21H28BrFO4/c1-20(2,3)27-19(24)18(22)16-12-14(23)4-5-15(16)17-6-7-21(13-26-17)8-10-25-11-9-21/h4-5,12,17-18H,6-11,13H2,1-3H3. The number of carbonyl (C=O) groups is 1. The van der Waals surface area contributed by atoms with Crippen molar-refractivity contribution in [3.63, 3.8) is 0 Å². The molecule has 2 aliphatic heterocycles. The monoisotopic (exact) mass is 442 g/mol.